The molecule has 1 rings (SSSR count). The zero-order valence-corrected chi connectivity index (χ0v) is 6.13. The fraction of sp³-hybridized carbons (Fsp3) is 0.200. The molecule has 0 saturated carbocycles. The van der Waals surface area contributed by atoms with Crippen molar-refractivity contribution in [3.63, 3.8) is 0 Å². The SMILES string of the molecule is O=c1cc(CO)n(Cl)c(=O)[nH]1. The molecule has 0 bridgehead atoms. The number of rotatable bonds is 1. The van der Waals surface area contributed by atoms with E-state index in [9.17, 15) is 9.59 Å². The molecule has 0 unspecified atom stereocenters. The van der Waals surface area contributed by atoms with Crippen molar-refractivity contribution >= 4 is 11.8 Å². The van der Waals surface area contributed by atoms with Crippen LogP contribution in [0.5, 0.6) is 0 Å². The van der Waals surface area contributed by atoms with Gasteiger partial charge in [0.05, 0.1) is 12.3 Å². The van der Waals surface area contributed by atoms with Gasteiger partial charge in [-0.1, -0.05) is 0 Å². The fourth-order valence-electron chi connectivity index (χ4n) is 0.637. The van der Waals surface area contributed by atoms with E-state index in [1.807, 2.05) is 4.98 Å². The van der Waals surface area contributed by atoms with Crippen LogP contribution < -0.4 is 11.2 Å². The van der Waals surface area contributed by atoms with Crippen LogP contribution in [0.15, 0.2) is 15.7 Å². The number of aromatic nitrogens is 2. The molecule has 6 heteroatoms. The fourth-order valence-corrected chi connectivity index (χ4v) is 0.781. The van der Waals surface area contributed by atoms with Crippen molar-refractivity contribution in [3.05, 3.63) is 32.6 Å². The van der Waals surface area contributed by atoms with Gasteiger partial charge in [0.2, 0.25) is 0 Å². The summed E-state index contributed by atoms with van der Waals surface area (Å²) >= 11 is 5.34. The summed E-state index contributed by atoms with van der Waals surface area (Å²) < 4.78 is 0.654. The lowest BCUT2D eigenvalue weighted by molar-refractivity contribution is 0.274. The van der Waals surface area contributed by atoms with Gasteiger partial charge < -0.3 is 5.11 Å². The van der Waals surface area contributed by atoms with Gasteiger partial charge in [-0.3, -0.25) is 9.78 Å². The number of aliphatic hydroxyl groups excluding tert-OH is 1. The second-order valence-electron chi connectivity index (χ2n) is 1.87. The van der Waals surface area contributed by atoms with E-state index >= 15 is 0 Å². The number of aliphatic hydroxyl groups is 1. The first-order valence-electron chi connectivity index (χ1n) is 2.77. The number of hydrogen-bond donors (Lipinski definition) is 2. The Balaban J connectivity index is 3.49. The van der Waals surface area contributed by atoms with Gasteiger partial charge in [0, 0.05) is 17.8 Å². The molecule has 0 fully saturated rings. The van der Waals surface area contributed by atoms with Gasteiger partial charge in [-0.05, 0) is 0 Å². The average Bonchev–Trinajstić information content (AvgIpc) is 1.96. The van der Waals surface area contributed by atoms with E-state index in [0.717, 1.165) is 6.07 Å². The van der Waals surface area contributed by atoms with Crippen LogP contribution in [-0.4, -0.2) is 14.2 Å². The molecule has 5 nitrogen and oxygen atoms in total. The van der Waals surface area contributed by atoms with Crippen molar-refractivity contribution in [1.82, 2.24) is 9.07 Å². The lowest BCUT2D eigenvalue weighted by Gasteiger charge is -1.98. The smallest absolute Gasteiger partial charge is 0.343 e. The minimum absolute atomic E-state index is 0.0698. The summed E-state index contributed by atoms with van der Waals surface area (Å²) in [7, 11) is 0. The van der Waals surface area contributed by atoms with E-state index in [4.69, 9.17) is 16.9 Å². The van der Waals surface area contributed by atoms with E-state index in [0.29, 0.717) is 4.09 Å². The van der Waals surface area contributed by atoms with Crippen LogP contribution in [0, 0.1) is 0 Å². The molecule has 0 spiro atoms. The van der Waals surface area contributed by atoms with Crippen LogP contribution in [-0.2, 0) is 6.61 Å². The maximum absolute atomic E-state index is 10.7. The summed E-state index contributed by atoms with van der Waals surface area (Å²) in [6, 6.07) is 1.05. The van der Waals surface area contributed by atoms with Crippen LogP contribution >= 0.6 is 11.8 Å². The molecule has 60 valence electrons. The second-order valence-corrected chi connectivity index (χ2v) is 2.21. The van der Waals surface area contributed by atoms with Gasteiger partial charge >= 0.3 is 5.69 Å². The minimum atomic E-state index is -0.747. The van der Waals surface area contributed by atoms with Crippen molar-refractivity contribution in [1.29, 1.82) is 0 Å². The monoisotopic (exact) mass is 176 g/mol. The quantitative estimate of drug-likeness (QED) is 0.578. The van der Waals surface area contributed by atoms with Crippen LogP contribution in [0.3, 0.4) is 0 Å². The first-order chi connectivity index (χ1) is 5.15. The maximum atomic E-state index is 10.7. The maximum Gasteiger partial charge on any atom is 0.343 e. The van der Waals surface area contributed by atoms with Crippen LogP contribution in [0.4, 0.5) is 0 Å². The molecule has 0 atom stereocenters. The van der Waals surface area contributed by atoms with Crippen molar-refractivity contribution < 1.29 is 5.11 Å². The zero-order valence-electron chi connectivity index (χ0n) is 5.37. The van der Waals surface area contributed by atoms with E-state index in [-0.39, 0.29) is 5.69 Å². The highest BCUT2D eigenvalue weighted by Crippen LogP contribution is 1.92. The van der Waals surface area contributed by atoms with Gasteiger partial charge in [-0.15, -0.1) is 0 Å². The largest absolute Gasteiger partial charge is 0.390 e. The highest BCUT2D eigenvalue weighted by molar-refractivity contribution is 6.15. The molecular formula is C5H5ClN2O3. The third kappa shape index (κ3) is 1.50. The topological polar surface area (TPSA) is 75.1 Å². The molecule has 1 heterocycles. The molecule has 0 aliphatic carbocycles. The van der Waals surface area contributed by atoms with Gasteiger partial charge in [0.1, 0.15) is 0 Å². The summed E-state index contributed by atoms with van der Waals surface area (Å²) in [5.74, 6) is 0. The van der Waals surface area contributed by atoms with E-state index in [1.54, 1.807) is 0 Å². The molecule has 1 aromatic rings. The first-order valence-corrected chi connectivity index (χ1v) is 3.11. The lowest BCUT2D eigenvalue weighted by atomic mass is 10.4. The highest BCUT2D eigenvalue weighted by Gasteiger charge is 2.00. The molecule has 11 heavy (non-hydrogen) atoms. The van der Waals surface area contributed by atoms with Gasteiger partial charge in [-0.2, -0.15) is 0 Å². The van der Waals surface area contributed by atoms with Gasteiger partial charge in [0.25, 0.3) is 5.56 Å². The number of aromatic amines is 1. The van der Waals surface area contributed by atoms with Crippen LogP contribution in [0.25, 0.3) is 0 Å². The van der Waals surface area contributed by atoms with Crippen LogP contribution in [0.1, 0.15) is 5.69 Å². The summed E-state index contributed by atoms with van der Waals surface area (Å²) in [6.45, 7) is -0.442. The average molecular weight is 177 g/mol. The number of H-pyrrole nitrogens is 1. The van der Waals surface area contributed by atoms with Crippen molar-refractivity contribution in [2.45, 2.75) is 6.61 Å². The standard InChI is InChI=1S/C5H5ClN2O3/c6-8-3(2-9)1-4(10)7-5(8)11/h1,9H,2H2,(H,7,10,11). The Kier molecular flexibility index (Phi) is 2.11. The molecule has 1 aromatic heterocycles. The Morgan fingerprint density at radius 2 is 2.27 bits per heavy atom. The molecule has 0 aliphatic heterocycles. The Bertz CT molecular complexity index is 367. The zero-order chi connectivity index (χ0) is 8.43. The van der Waals surface area contributed by atoms with Crippen LogP contribution in [0.2, 0.25) is 0 Å². The lowest BCUT2D eigenvalue weighted by Crippen LogP contribution is -2.27. The number of halogens is 1. The van der Waals surface area contributed by atoms with Crippen molar-refractivity contribution in [3.8, 4) is 0 Å². The van der Waals surface area contributed by atoms with Crippen molar-refractivity contribution in [2.75, 3.05) is 0 Å². The molecule has 2 N–H and O–H groups in total. The number of nitrogens with zero attached hydrogens (tertiary/aromatic N) is 1. The normalized spacial score (nSPS) is 10.0. The summed E-state index contributed by atoms with van der Waals surface area (Å²) in [5, 5.41) is 8.57. The number of hydrogen-bond acceptors (Lipinski definition) is 3. The van der Waals surface area contributed by atoms with Crippen molar-refractivity contribution in [2.24, 2.45) is 0 Å². The molecular weight excluding hydrogens is 172 g/mol. The Hall–Kier alpha value is -1.07. The van der Waals surface area contributed by atoms with Gasteiger partial charge in [0.15, 0.2) is 0 Å². The van der Waals surface area contributed by atoms with E-state index < -0.39 is 17.9 Å². The third-order valence-electron chi connectivity index (χ3n) is 1.12. The Morgan fingerprint density at radius 1 is 1.64 bits per heavy atom. The molecule has 0 aliphatic rings. The summed E-state index contributed by atoms with van der Waals surface area (Å²) in [5.41, 5.74) is -1.25. The first kappa shape index (κ1) is 8.03. The third-order valence-corrected chi connectivity index (χ3v) is 1.49. The Labute approximate surface area is 66.0 Å². The predicted octanol–water partition coefficient (Wildman–Crippen LogP) is -0.969. The molecule has 0 radical (unpaired) electrons. The van der Waals surface area contributed by atoms with E-state index in [2.05, 4.69) is 0 Å². The summed E-state index contributed by atoms with van der Waals surface area (Å²) in [4.78, 5) is 23.2. The molecule has 0 aromatic carbocycles. The Morgan fingerprint density at radius 3 is 2.82 bits per heavy atom. The molecule has 0 amide bonds. The van der Waals surface area contributed by atoms with Gasteiger partial charge in [-0.25, -0.2) is 8.88 Å². The summed E-state index contributed by atoms with van der Waals surface area (Å²) in [6.07, 6.45) is 0. The number of nitrogens with one attached hydrogen (secondary N) is 1. The molecule has 0 saturated heterocycles. The second kappa shape index (κ2) is 2.89. The minimum Gasteiger partial charge on any atom is -0.390 e. The van der Waals surface area contributed by atoms with E-state index in [1.165, 1.54) is 0 Å². The predicted molar refractivity (Wildman–Crippen MR) is 38.5 cm³/mol. The highest BCUT2D eigenvalue weighted by atomic mass is 35.5.